The summed E-state index contributed by atoms with van der Waals surface area (Å²) in [7, 11) is 0. The van der Waals surface area contributed by atoms with E-state index in [2.05, 4.69) is 10.2 Å². The molecule has 0 spiro atoms. The highest BCUT2D eigenvalue weighted by atomic mass is 19.1. The Morgan fingerprint density at radius 3 is 2.44 bits per heavy atom. The summed E-state index contributed by atoms with van der Waals surface area (Å²) in [6.45, 7) is 3.88. The summed E-state index contributed by atoms with van der Waals surface area (Å²) in [4.78, 5) is 14.6. The predicted octanol–water partition coefficient (Wildman–Crippen LogP) is 3.32. The third-order valence-electron chi connectivity index (χ3n) is 5.12. The SMILES string of the molecule is O=C(NCCCN1CCC[C@H](CO)C1)c1ccc(-c2ccc(F)cc2)cc1. The lowest BCUT2D eigenvalue weighted by atomic mass is 9.99. The zero-order valence-corrected chi connectivity index (χ0v) is 15.5. The van der Waals surface area contributed by atoms with E-state index < -0.39 is 0 Å². The van der Waals surface area contributed by atoms with Gasteiger partial charge < -0.3 is 15.3 Å². The van der Waals surface area contributed by atoms with Gasteiger partial charge >= 0.3 is 0 Å². The molecule has 0 bridgehead atoms. The number of hydrogen-bond donors (Lipinski definition) is 2. The van der Waals surface area contributed by atoms with Gasteiger partial charge in [0.05, 0.1) is 0 Å². The van der Waals surface area contributed by atoms with Crippen LogP contribution in [0.4, 0.5) is 4.39 Å². The maximum atomic E-state index is 13.0. The molecule has 5 heteroatoms. The maximum Gasteiger partial charge on any atom is 0.251 e. The van der Waals surface area contributed by atoms with Crippen LogP contribution in [0.3, 0.4) is 0 Å². The number of nitrogens with zero attached hydrogens (tertiary/aromatic N) is 1. The number of likely N-dealkylation sites (tertiary alicyclic amines) is 1. The number of aliphatic hydroxyl groups excluding tert-OH is 1. The molecule has 1 aliphatic heterocycles. The van der Waals surface area contributed by atoms with Crippen molar-refractivity contribution in [3.8, 4) is 11.1 Å². The van der Waals surface area contributed by atoms with E-state index in [9.17, 15) is 14.3 Å². The first-order valence-corrected chi connectivity index (χ1v) is 9.63. The van der Waals surface area contributed by atoms with Crippen molar-refractivity contribution in [1.82, 2.24) is 10.2 Å². The molecule has 1 aliphatic rings. The lowest BCUT2D eigenvalue weighted by molar-refractivity contribution is 0.0946. The van der Waals surface area contributed by atoms with Gasteiger partial charge in [0.25, 0.3) is 5.91 Å². The van der Waals surface area contributed by atoms with Gasteiger partial charge in [0.15, 0.2) is 0 Å². The van der Waals surface area contributed by atoms with Crippen molar-refractivity contribution in [3.63, 3.8) is 0 Å². The third-order valence-corrected chi connectivity index (χ3v) is 5.12. The number of hydrogen-bond acceptors (Lipinski definition) is 3. The number of carbonyl (C=O) groups excluding carboxylic acids is 1. The molecule has 144 valence electrons. The van der Waals surface area contributed by atoms with Gasteiger partial charge in [0.1, 0.15) is 5.82 Å². The summed E-state index contributed by atoms with van der Waals surface area (Å²) in [6, 6.07) is 13.7. The molecule has 4 nitrogen and oxygen atoms in total. The van der Waals surface area contributed by atoms with E-state index in [1.807, 2.05) is 12.1 Å². The van der Waals surface area contributed by atoms with Crippen LogP contribution in [0.15, 0.2) is 48.5 Å². The maximum absolute atomic E-state index is 13.0. The van der Waals surface area contributed by atoms with Crippen LogP contribution in [0.25, 0.3) is 11.1 Å². The summed E-state index contributed by atoms with van der Waals surface area (Å²) in [5, 5.41) is 12.2. The van der Waals surface area contributed by atoms with E-state index in [0.29, 0.717) is 18.0 Å². The molecule has 0 unspecified atom stereocenters. The molecular formula is C22H27FN2O2. The van der Waals surface area contributed by atoms with Crippen molar-refractivity contribution in [1.29, 1.82) is 0 Å². The Balaban J connectivity index is 1.43. The summed E-state index contributed by atoms with van der Waals surface area (Å²) >= 11 is 0. The molecule has 0 radical (unpaired) electrons. The fourth-order valence-corrected chi connectivity index (χ4v) is 3.57. The molecule has 2 N–H and O–H groups in total. The molecule has 1 heterocycles. The number of carbonyl (C=O) groups is 1. The number of benzene rings is 2. The molecule has 1 amide bonds. The molecule has 27 heavy (non-hydrogen) atoms. The van der Waals surface area contributed by atoms with E-state index in [1.165, 1.54) is 12.1 Å². The number of aliphatic hydroxyl groups is 1. The fourth-order valence-electron chi connectivity index (χ4n) is 3.57. The van der Waals surface area contributed by atoms with Crippen LogP contribution in [-0.4, -0.2) is 48.7 Å². The standard InChI is InChI=1S/C22H27FN2O2/c23-21-10-8-19(9-11-21)18-4-6-20(7-5-18)22(27)24-12-2-14-25-13-1-3-17(15-25)16-26/h4-11,17,26H,1-3,12-16H2,(H,24,27)/t17-/m0/s1. The highest BCUT2D eigenvalue weighted by Gasteiger charge is 2.18. The van der Waals surface area contributed by atoms with Crippen molar-refractivity contribution in [2.45, 2.75) is 19.3 Å². The van der Waals surface area contributed by atoms with Crippen molar-refractivity contribution >= 4 is 5.91 Å². The normalized spacial score (nSPS) is 17.6. The van der Waals surface area contributed by atoms with Crippen LogP contribution >= 0.6 is 0 Å². The van der Waals surface area contributed by atoms with Crippen molar-refractivity contribution in [3.05, 3.63) is 59.9 Å². The molecule has 2 aromatic carbocycles. The molecule has 1 fully saturated rings. The Morgan fingerprint density at radius 1 is 1.11 bits per heavy atom. The van der Waals surface area contributed by atoms with Crippen molar-refractivity contribution in [2.75, 3.05) is 32.8 Å². The highest BCUT2D eigenvalue weighted by molar-refractivity contribution is 5.94. The van der Waals surface area contributed by atoms with Gasteiger partial charge in [-0.1, -0.05) is 24.3 Å². The number of rotatable bonds is 7. The molecular weight excluding hydrogens is 343 g/mol. The minimum atomic E-state index is -0.258. The molecule has 1 saturated heterocycles. The Kier molecular flexibility index (Phi) is 6.96. The summed E-state index contributed by atoms with van der Waals surface area (Å²) in [5.41, 5.74) is 2.50. The Morgan fingerprint density at radius 2 is 1.78 bits per heavy atom. The number of nitrogens with one attached hydrogen (secondary N) is 1. The first-order valence-electron chi connectivity index (χ1n) is 9.63. The zero-order chi connectivity index (χ0) is 19.1. The quantitative estimate of drug-likeness (QED) is 0.735. The topological polar surface area (TPSA) is 52.6 Å². The molecule has 2 aromatic rings. The van der Waals surface area contributed by atoms with Gasteiger partial charge in [-0.2, -0.15) is 0 Å². The first kappa shape index (κ1) is 19.5. The van der Waals surface area contributed by atoms with Crippen LogP contribution in [0.5, 0.6) is 0 Å². The molecule has 3 rings (SSSR count). The number of amides is 1. The average molecular weight is 370 g/mol. The average Bonchev–Trinajstić information content (AvgIpc) is 2.72. The second-order valence-corrected chi connectivity index (χ2v) is 7.19. The molecule has 0 saturated carbocycles. The Hall–Kier alpha value is -2.24. The Labute approximate surface area is 160 Å². The largest absolute Gasteiger partial charge is 0.396 e. The molecule has 0 aliphatic carbocycles. The minimum Gasteiger partial charge on any atom is -0.396 e. The van der Waals surface area contributed by atoms with Crippen LogP contribution in [0, 0.1) is 11.7 Å². The van der Waals surface area contributed by atoms with Gasteiger partial charge in [0.2, 0.25) is 0 Å². The van der Waals surface area contributed by atoms with Crippen LogP contribution in [-0.2, 0) is 0 Å². The Bertz CT molecular complexity index is 731. The summed E-state index contributed by atoms with van der Waals surface area (Å²) in [6.07, 6.45) is 3.15. The van der Waals surface area contributed by atoms with Crippen molar-refractivity contribution < 1.29 is 14.3 Å². The van der Waals surface area contributed by atoms with Crippen LogP contribution in [0.1, 0.15) is 29.6 Å². The number of halogens is 1. The highest BCUT2D eigenvalue weighted by Crippen LogP contribution is 2.20. The second-order valence-electron chi connectivity index (χ2n) is 7.19. The van der Waals surface area contributed by atoms with Gasteiger partial charge in [-0.05, 0) is 73.7 Å². The smallest absolute Gasteiger partial charge is 0.251 e. The van der Waals surface area contributed by atoms with E-state index in [0.717, 1.165) is 50.0 Å². The zero-order valence-electron chi connectivity index (χ0n) is 15.5. The second kappa shape index (κ2) is 9.62. The van der Waals surface area contributed by atoms with E-state index in [4.69, 9.17) is 0 Å². The first-order chi connectivity index (χ1) is 13.2. The van der Waals surface area contributed by atoms with E-state index in [-0.39, 0.29) is 18.3 Å². The molecule has 0 aromatic heterocycles. The van der Waals surface area contributed by atoms with Crippen LogP contribution < -0.4 is 5.32 Å². The van der Waals surface area contributed by atoms with E-state index >= 15 is 0 Å². The lowest BCUT2D eigenvalue weighted by Crippen LogP contribution is -2.38. The van der Waals surface area contributed by atoms with Crippen molar-refractivity contribution in [2.24, 2.45) is 5.92 Å². The van der Waals surface area contributed by atoms with Gasteiger partial charge in [-0.25, -0.2) is 4.39 Å². The van der Waals surface area contributed by atoms with Gasteiger partial charge in [-0.3, -0.25) is 4.79 Å². The summed E-state index contributed by atoms with van der Waals surface area (Å²) < 4.78 is 13.0. The fraction of sp³-hybridized carbons (Fsp3) is 0.409. The minimum absolute atomic E-state index is 0.0764. The summed E-state index contributed by atoms with van der Waals surface area (Å²) in [5.74, 6) is 0.0617. The van der Waals surface area contributed by atoms with E-state index in [1.54, 1.807) is 24.3 Å². The number of piperidine rings is 1. The molecule has 1 atom stereocenters. The van der Waals surface area contributed by atoms with Gasteiger partial charge in [-0.15, -0.1) is 0 Å². The van der Waals surface area contributed by atoms with Crippen LogP contribution in [0.2, 0.25) is 0 Å². The monoisotopic (exact) mass is 370 g/mol. The van der Waals surface area contributed by atoms with Gasteiger partial charge in [0, 0.05) is 25.3 Å². The predicted molar refractivity (Wildman–Crippen MR) is 105 cm³/mol. The lowest BCUT2D eigenvalue weighted by Gasteiger charge is -2.31. The third kappa shape index (κ3) is 5.62.